The smallest absolute Gasteiger partial charge is 0.270 e. The van der Waals surface area contributed by atoms with Crippen LogP contribution >= 0.6 is 0 Å². The average molecular weight is 290 g/mol. The van der Waals surface area contributed by atoms with E-state index < -0.39 is 11.0 Å². The van der Waals surface area contributed by atoms with Crippen LogP contribution in [0, 0.1) is 10.1 Å². The zero-order valence-corrected chi connectivity index (χ0v) is 12.0. The third-order valence-electron chi connectivity index (χ3n) is 3.37. The maximum atomic E-state index is 10.9. The molecular formula is C15H18N2O4. The highest BCUT2D eigenvalue weighted by atomic mass is 16.6. The molecule has 0 aliphatic rings. The van der Waals surface area contributed by atoms with E-state index in [4.69, 9.17) is 4.74 Å². The molecule has 0 spiro atoms. The lowest BCUT2D eigenvalue weighted by Gasteiger charge is -2.09. The molecule has 1 unspecified atom stereocenters. The normalized spacial score (nSPS) is 12.1. The summed E-state index contributed by atoms with van der Waals surface area (Å²) < 4.78 is 7.11. The van der Waals surface area contributed by atoms with Gasteiger partial charge in [-0.1, -0.05) is 6.92 Å². The van der Waals surface area contributed by atoms with Crippen molar-refractivity contribution < 1.29 is 14.8 Å². The van der Waals surface area contributed by atoms with Crippen molar-refractivity contribution in [3.05, 3.63) is 57.9 Å². The third-order valence-corrected chi connectivity index (χ3v) is 3.37. The summed E-state index contributed by atoms with van der Waals surface area (Å²) in [5.41, 5.74) is 1.59. The zero-order chi connectivity index (χ0) is 15.4. The Morgan fingerprint density at radius 2 is 2.19 bits per heavy atom. The molecule has 6 nitrogen and oxygen atoms in total. The van der Waals surface area contributed by atoms with Crippen LogP contribution in [0.25, 0.3) is 0 Å². The van der Waals surface area contributed by atoms with Gasteiger partial charge >= 0.3 is 0 Å². The predicted molar refractivity (Wildman–Crippen MR) is 78.4 cm³/mol. The number of hydrogen-bond acceptors (Lipinski definition) is 4. The Morgan fingerprint density at radius 3 is 2.81 bits per heavy atom. The summed E-state index contributed by atoms with van der Waals surface area (Å²) in [6.07, 6.45) is 3.83. The molecule has 6 heteroatoms. The molecule has 2 rings (SSSR count). The van der Waals surface area contributed by atoms with Gasteiger partial charge in [0.05, 0.1) is 24.7 Å². The molecular weight excluding hydrogens is 272 g/mol. The number of rotatable bonds is 6. The molecule has 0 saturated carbocycles. The summed E-state index contributed by atoms with van der Waals surface area (Å²) in [4.78, 5) is 10.4. The van der Waals surface area contributed by atoms with Crippen LogP contribution in [-0.2, 0) is 6.54 Å². The van der Waals surface area contributed by atoms with E-state index in [1.165, 1.54) is 19.2 Å². The highest BCUT2D eigenvalue weighted by Crippen LogP contribution is 2.25. The van der Waals surface area contributed by atoms with Crippen LogP contribution in [0.3, 0.4) is 0 Å². The highest BCUT2D eigenvalue weighted by Gasteiger charge is 2.13. The number of non-ortho nitro benzene ring substituents is 1. The molecule has 1 aromatic carbocycles. The SMILES string of the molecule is CCC(O)c1ccn(Cc2cc([N+](=O)[O-])ccc2OC)c1. The summed E-state index contributed by atoms with van der Waals surface area (Å²) >= 11 is 0. The quantitative estimate of drug-likeness (QED) is 0.655. The van der Waals surface area contributed by atoms with Gasteiger partial charge in [0.25, 0.3) is 5.69 Å². The lowest BCUT2D eigenvalue weighted by molar-refractivity contribution is -0.384. The lowest BCUT2D eigenvalue weighted by atomic mass is 10.1. The minimum absolute atomic E-state index is 0.0340. The average Bonchev–Trinajstić information content (AvgIpc) is 2.94. The van der Waals surface area contributed by atoms with Crippen LogP contribution in [0.1, 0.15) is 30.6 Å². The molecule has 0 fully saturated rings. The van der Waals surface area contributed by atoms with Crippen LogP contribution in [0.15, 0.2) is 36.7 Å². The predicted octanol–water partition coefficient (Wildman–Crippen LogP) is 2.90. The van der Waals surface area contributed by atoms with Crippen LogP contribution < -0.4 is 4.74 Å². The van der Waals surface area contributed by atoms with E-state index in [0.29, 0.717) is 18.7 Å². The molecule has 1 N–H and O–H groups in total. The van der Waals surface area contributed by atoms with Gasteiger partial charge < -0.3 is 14.4 Å². The Balaban J connectivity index is 2.27. The number of aliphatic hydroxyl groups is 1. The molecule has 0 aliphatic heterocycles. The molecule has 0 amide bonds. The fourth-order valence-corrected chi connectivity index (χ4v) is 2.19. The Hall–Kier alpha value is -2.34. The summed E-state index contributed by atoms with van der Waals surface area (Å²) in [5.74, 6) is 0.604. The van der Waals surface area contributed by atoms with Crippen LogP contribution in [0.4, 0.5) is 5.69 Å². The van der Waals surface area contributed by atoms with Gasteiger partial charge in [-0.2, -0.15) is 0 Å². The number of methoxy groups -OCH3 is 1. The second-order valence-corrected chi connectivity index (χ2v) is 4.79. The standard InChI is InChI=1S/C15H18N2O4/c1-3-14(18)11-6-7-16(9-11)10-12-8-13(17(19)20)4-5-15(12)21-2/h4-9,14,18H,3,10H2,1-2H3. The van der Waals surface area contributed by atoms with Crippen molar-refractivity contribution in [3.63, 3.8) is 0 Å². The number of aliphatic hydroxyl groups excluding tert-OH is 1. The fourth-order valence-electron chi connectivity index (χ4n) is 2.19. The number of nitro groups is 1. The number of aromatic nitrogens is 1. The van der Waals surface area contributed by atoms with Crippen LogP contribution in [0.5, 0.6) is 5.75 Å². The van der Waals surface area contributed by atoms with Crippen LogP contribution in [-0.4, -0.2) is 21.7 Å². The number of benzene rings is 1. The maximum Gasteiger partial charge on any atom is 0.270 e. The van der Waals surface area contributed by atoms with Crippen molar-refractivity contribution in [1.29, 1.82) is 0 Å². The molecule has 0 saturated heterocycles. The van der Waals surface area contributed by atoms with Gasteiger partial charge in [0.15, 0.2) is 0 Å². The van der Waals surface area contributed by atoms with Crippen molar-refractivity contribution in [1.82, 2.24) is 4.57 Å². The molecule has 0 radical (unpaired) electrons. The Kier molecular flexibility index (Phi) is 4.59. The third kappa shape index (κ3) is 3.41. The van der Waals surface area contributed by atoms with E-state index in [0.717, 1.165) is 11.1 Å². The van der Waals surface area contributed by atoms with Gasteiger partial charge in [-0.3, -0.25) is 10.1 Å². The molecule has 1 atom stereocenters. The van der Waals surface area contributed by atoms with Gasteiger partial charge in [0.2, 0.25) is 0 Å². The molecule has 2 aromatic rings. The maximum absolute atomic E-state index is 10.9. The minimum atomic E-state index is -0.488. The first-order valence-electron chi connectivity index (χ1n) is 6.70. The van der Waals surface area contributed by atoms with E-state index in [9.17, 15) is 15.2 Å². The van der Waals surface area contributed by atoms with E-state index in [-0.39, 0.29) is 5.69 Å². The highest BCUT2D eigenvalue weighted by molar-refractivity contribution is 5.44. The number of nitrogens with zero attached hydrogens (tertiary/aromatic N) is 2. The molecule has 112 valence electrons. The van der Waals surface area contributed by atoms with Crippen molar-refractivity contribution in [3.8, 4) is 5.75 Å². The first-order chi connectivity index (χ1) is 10.0. The molecule has 21 heavy (non-hydrogen) atoms. The Labute approximate surface area is 122 Å². The van der Waals surface area contributed by atoms with E-state index >= 15 is 0 Å². The van der Waals surface area contributed by atoms with Crippen molar-refractivity contribution >= 4 is 5.69 Å². The van der Waals surface area contributed by atoms with Gasteiger partial charge in [0.1, 0.15) is 5.75 Å². The number of nitro benzene ring substituents is 1. The Bertz CT molecular complexity index is 636. The second kappa shape index (κ2) is 6.41. The largest absolute Gasteiger partial charge is 0.496 e. The number of hydrogen-bond donors (Lipinski definition) is 1. The van der Waals surface area contributed by atoms with Crippen molar-refractivity contribution in [2.75, 3.05) is 7.11 Å². The molecule has 1 aromatic heterocycles. The summed E-state index contributed by atoms with van der Waals surface area (Å²) in [5, 5.41) is 20.7. The summed E-state index contributed by atoms with van der Waals surface area (Å²) in [6, 6.07) is 6.37. The van der Waals surface area contributed by atoms with Gasteiger partial charge in [-0.25, -0.2) is 0 Å². The minimum Gasteiger partial charge on any atom is -0.496 e. The summed E-state index contributed by atoms with van der Waals surface area (Å²) in [6.45, 7) is 2.35. The van der Waals surface area contributed by atoms with Gasteiger partial charge in [-0.05, 0) is 24.1 Å². The van der Waals surface area contributed by atoms with Gasteiger partial charge in [0, 0.05) is 30.1 Å². The Morgan fingerprint density at radius 1 is 1.43 bits per heavy atom. The molecule has 0 bridgehead atoms. The number of ether oxygens (including phenoxy) is 1. The monoisotopic (exact) mass is 290 g/mol. The zero-order valence-electron chi connectivity index (χ0n) is 12.0. The molecule has 1 heterocycles. The first-order valence-corrected chi connectivity index (χ1v) is 6.70. The molecule has 0 aliphatic carbocycles. The van der Waals surface area contributed by atoms with E-state index in [1.54, 1.807) is 6.07 Å². The summed E-state index contributed by atoms with van der Waals surface area (Å²) in [7, 11) is 1.53. The first kappa shape index (κ1) is 15.1. The second-order valence-electron chi connectivity index (χ2n) is 4.79. The van der Waals surface area contributed by atoms with Crippen LogP contribution in [0.2, 0.25) is 0 Å². The van der Waals surface area contributed by atoms with Crippen molar-refractivity contribution in [2.45, 2.75) is 26.0 Å². The van der Waals surface area contributed by atoms with E-state index in [1.807, 2.05) is 30.0 Å². The van der Waals surface area contributed by atoms with Crippen molar-refractivity contribution in [2.24, 2.45) is 0 Å². The topological polar surface area (TPSA) is 77.5 Å². The lowest BCUT2D eigenvalue weighted by Crippen LogP contribution is -2.01. The fraction of sp³-hybridized carbons (Fsp3) is 0.333. The van der Waals surface area contributed by atoms with Gasteiger partial charge in [-0.15, -0.1) is 0 Å². The van der Waals surface area contributed by atoms with E-state index in [2.05, 4.69) is 0 Å².